The van der Waals surface area contributed by atoms with Gasteiger partial charge in [-0.25, -0.2) is 0 Å². The summed E-state index contributed by atoms with van der Waals surface area (Å²) in [6.07, 6.45) is 3.57. The van der Waals surface area contributed by atoms with Gasteiger partial charge in [-0.05, 0) is 53.8 Å². The minimum Gasteiger partial charge on any atom is -0.296 e. The van der Waals surface area contributed by atoms with Crippen LogP contribution in [0.25, 0.3) is 10.7 Å². The molecular weight excluding hydrogens is 298 g/mol. The predicted octanol–water partition coefficient (Wildman–Crippen LogP) is 5.45. The van der Waals surface area contributed by atoms with E-state index < -0.39 is 0 Å². The molecule has 3 rings (SSSR count). The summed E-state index contributed by atoms with van der Waals surface area (Å²) in [6.45, 7) is 9.48. The molecule has 21 heavy (non-hydrogen) atoms. The molecule has 0 bridgehead atoms. The quantitative estimate of drug-likeness (QED) is 0.746. The lowest BCUT2D eigenvalue weighted by Gasteiger charge is -2.45. The standard InChI is InChI=1S/C16H23N3S2/c1-15(2)8-11(9-16(3,4)10-15)19-13(17-18-14(19)20)12-6-5-7-21-12/h5-7,11H,8-10H2,1-4H3,(H,18,20). The average molecular weight is 322 g/mol. The van der Waals surface area contributed by atoms with Crippen LogP contribution >= 0.6 is 23.6 Å². The number of hydrogen-bond acceptors (Lipinski definition) is 3. The molecule has 0 spiro atoms. The molecule has 2 aromatic rings. The Hall–Kier alpha value is -0.940. The van der Waals surface area contributed by atoms with Crippen LogP contribution in [0.15, 0.2) is 17.5 Å². The lowest BCUT2D eigenvalue weighted by molar-refractivity contribution is 0.0723. The lowest BCUT2D eigenvalue weighted by Crippen LogP contribution is -2.35. The Morgan fingerprint density at radius 3 is 2.52 bits per heavy atom. The van der Waals surface area contributed by atoms with Gasteiger partial charge in [0.2, 0.25) is 0 Å². The summed E-state index contributed by atoms with van der Waals surface area (Å²) in [5.74, 6) is 0.994. The van der Waals surface area contributed by atoms with Crippen LogP contribution in [0.1, 0.15) is 53.0 Å². The Morgan fingerprint density at radius 1 is 1.29 bits per heavy atom. The molecule has 3 nitrogen and oxygen atoms in total. The molecule has 1 saturated carbocycles. The zero-order valence-electron chi connectivity index (χ0n) is 13.1. The number of nitrogens with zero attached hydrogens (tertiary/aromatic N) is 2. The molecule has 0 radical (unpaired) electrons. The summed E-state index contributed by atoms with van der Waals surface area (Å²) in [7, 11) is 0. The molecule has 2 heterocycles. The molecular formula is C16H23N3S2. The maximum absolute atomic E-state index is 5.53. The minimum atomic E-state index is 0.338. The highest BCUT2D eigenvalue weighted by molar-refractivity contribution is 7.71. The molecule has 0 unspecified atom stereocenters. The van der Waals surface area contributed by atoms with Gasteiger partial charge < -0.3 is 0 Å². The van der Waals surface area contributed by atoms with Gasteiger partial charge in [-0.1, -0.05) is 33.8 Å². The SMILES string of the molecule is CC1(C)CC(n2c(-c3cccs3)n[nH]c2=S)CC(C)(C)C1. The van der Waals surface area contributed by atoms with Crippen LogP contribution < -0.4 is 0 Å². The van der Waals surface area contributed by atoms with Crippen LogP contribution in [-0.4, -0.2) is 14.8 Å². The first kappa shape index (κ1) is 15.0. The van der Waals surface area contributed by atoms with Gasteiger partial charge in [0.25, 0.3) is 0 Å². The van der Waals surface area contributed by atoms with E-state index in [0.717, 1.165) is 23.4 Å². The van der Waals surface area contributed by atoms with Crippen LogP contribution in [0.4, 0.5) is 0 Å². The molecule has 0 amide bonds. The number of H-pyrrole nitrogens is 1. The Kier molecular flexibility index (Phi) is 3.61. The van der Waals surface area contributed by atoms with Crippen molar-refractivity contribution in [3.8, 4) is 10.7 Å². The third-order valence-electron chi connectivity index (χ3n) is 4.34. The Labute approximate surface area is 135 Å². The van der Waals surface area contributed by atoms with E-state index in [4.69, 9.17) is 12.2 Å². The molecule has 1 aliphatic carbocycles. The fourth-order valence-electron chi connectivity index (χ4n) is 4.19. The second-order valence-corrected chi connectivity index (χ2v) is 9.10. The summed E-state index contributed by atoms with van der Waals surface area (Å²) in [5, 5.41) is 9.57. The Morgan fingerprint density at radius 2 is 1.95 bits per heavy atom. The van der Waals surface area contributed by atoms with Gasteiger partial charge in [-0.3, -0.25) is 9.67 Å². The van der Waals surface area contributed by atoms with E-state index in [0.29, 0.717) is 16.9 Å². The normalized spacial score (nSPS) is 21.5. The molecule has 2 aromatic heterocycles. The molecule has 5 heteroatoms. The van der Waals surface area contributed by atoms with Gasteiger partial charge in [0.05, 0.1) is 4.88 Å². The van der Waals surface area contributed by atoms with E-state index in [-0.39, 0.29) is 0 Å². The van der Waals surface area contributed by atoms with Crippen molar-refractivity contribution in [3.05, 3.63) is 22.3 Å². The third-order valence-corrected chi connectivity index (χ3v) is 5.50. The van der Waals surface area contributed by atoms with Gasteiger partial charge in [0.1, 0.15) is 0 Å². The molecule has 0 atom stereocenters. The molecule has 1 N–H and O–H groups in total. The minimum absolute atomic E-state index is 0.338. The predicted molar refractivity (Wildman–Crippen MR) is 91.2 cm³/mol. The molecule has 1 aliphatic rings. The second-order valence-electron chi connectivity index (χ2n) is 7.77. The molecule has 0 aliphatic heterocycles. The average Bonchev–Trinajstić information content (AvgIpc) is 2.92. The van der Waals surface area contributed by atoms with Crippen LogP contribution in [-0.2, 0) is 0 Å². The first-order chi connectivity index (χ1) is 9.77. The van der Waals surface area contributed by atoms with Crippen molar-refractivity contribution in [2.45, 2.75) is 53.0 Å². The largest absolute Gasteiger partial charge is 0.296 e. The lowest BCUT2D eigenvalue weighted by atomic mass is 9.63. The summed E-state index contributed by atoms with van der Waals surface area (Å²) < 4.78 is 3.00. The van der Waals surface area contributed by atoms with Crippen molar-refractivity contribution in [1.29, 1.82) is 0 Å². The van der Waals surface area contributed by atoms with E-state index >= 15 is 0 Å². The first-order valence-corrected chi connectivity index (χ1v) is 8.77. The number of hydrogen-bond donors (Lipinski definition) is 1. The zero-order valence-corrected chi connectivity index (χ0v) is 14.8. The highest BCUT2D eigenvalue weighted by Gasteiger charge is 2.40. The van der Waals surface area contributed by atoms with Crippen molar-refractivity contribution in [2.75, 3.05) is 0 Å². The number of aromatic amines is 1. The fraction of sp³-hybridized carbons (Fsp3) is 0.625. The van der Waals surface area contributed by atoms with E-state index in [1.807, 2.05) is 0 Å². The van der Waals surface area contributed by atoms with Crippen LogP contribution in [0.3, 0.4) is 0 Å². The number of aromatic nitrogens is 3. The smallest absolute Gasteiger partial charge is 0.195 e. The maximum Gasteiger partial charge on any atom is 0.195 e. The highest BCUT2D eigenvalue weighted by atomic mass is 32.1. The Bertz CT molecular complexity index is 661. The summed E-state index contributed by atoms with van der Waals surface area (Å²) in [4.78, 5) is 1.18. The van der Waals surface area contributed by atoms with E-state index in [1.165, 1.54) is 11.3 Å². The van der Waals surface area contributed by atoms with Gasteiger partial charge in [0.15, 0.2) is 10.6 Å². The van der Waals surface area contributed by atoms with Crippen LogP contribution in [0.2, 0.25) is 0 Å². The zero-order chi connectivity index (χ0) is 15.3. The molecule has 0 aromatic carbocycles. The third kappa shape index (κ3) is 2.99. The topological polar surface area (TPSA) is 33.6 Å². The number of nitrogens with one attached hydrogen (secondary N) is 1. The molecule has 1 fully saturated rings. The van der Waals surface area contributed by atoms with E-state index in [9.17, 15) is 0 Å². The van der Waals surface area contributed by atoms with Crippen LogP contribution in [0.5, 0.6) is 0 Å². The second kappa shape index (κ2) is 5.06. The summed E-state index contributed by atoms with van der Waals surface area (Å²) in [6, 6.07) is 4.61. The first-order valence-electron chi connectivity index (χ1n) is 7.48. The van der Waals surface area contributed by atoms with Crippen molar-refractivity contribution in [3.63, 3.8) is 0 Å². The van der Waals surface area contributed by atoms with Crippen molar-refractivity contribution >= 4 is 23.6 Å². The summed E-state index contributed by atoms with van der Waals surface area (Å²) in [5.41, 5.74) is 0.677. The van der Waals surface area contributed by atoms with Crippen molar-refractivity contribution in [2.24, 2.45) is 10.8 Å². The summed E-state index contributed by atoms with van der Waals surface area (Å²) >= 11 is 7.24. The van der Waals surface area contributed by atoms with Gasteiger partial charge in [-0.2, -0.15) is 5.10 Å². The fourth-order valence-corrected chi connectivity index (χ4v) is 5.18. The monoisotopic (exact) mass is 321 g/mol. The van der Waals surface area contributed by atoms with Crippen molar-refractivity contribution < 1.29 is 0 Å². The van der Waals surface area contributed by atoms with E-state index in [1.54, 1.807) is 11.3 Å². The number of rotatable bonds is 2. The molecule has 114 valence electrons. The van der Waals surface area contributed by atoms with Gasteiger partial charge in [-0.15, -0.1) is 11.3 Å². The van der Waals surface area contributed by atoms with E-state index in [2.05, 4.69) is 60.0 Å². The van der Waals surface area contributed by atoms with Crippen LogP contribution in [0, 0.1) is 15.6 Å². The van der Waals surface area contributed by atoms with Crippen molar-refractivity contribution in [1.82, 2.24) is 14.8 Å². The molecule has 0 saturated heterocycles. The maximum atomic E-state index is 5.53. The Balaban J connectivity index is 2.05. The number of thiophene rings is 1. The van der Waals surface area contributed by atoms with Gasteiger partial charge in [0, 0.05) is 6.04 Å². The highest BCUT2D eigenvalue weighted by Crippen LogP contribution is 2.50. The van der Waals surface area contributed by atoms with Gasteiger partial charge >= 0.3 is 0 Å².